The molecule has 0 aromatic heterocycles. The smallest absolute Gasteiger partial charge is 0.257 e. The minimum atomic E-state index is -0.325. The van der Waals surface area contributed by atoms with Crippen LogP contribution in [-0.2, 0) is 9.59 Å². The topological polar surface area (TPSA) is 66.5 Å². The summed E-state index contributed by atoms with van der Waals surface area (Å²) in [6.07, 6.45) is 3.04. The standard InChI is InChI=1S/C25H24N2O3/c1-13-7-6-9-19(15(13)3)26-23(28)17-8-4-5-10-20(17)27-24(29)21-16-11-14(2)18(12-16)22(21)25(27)30/h4-11,16,18,21-22H,12H2,1-3H3,(H,26,28)/t16-,18-,21+,22+/m1/s1. The van der Waals surface area contributed by atoms with Crippen molar-refractivity contribution in [3.8, 4) is 0 Å². The van der Waals surface area contributed by atoms with E-state index in [0.29, 0.717) is 11.3 Å². The highest BCUT2D eigenvalue weighted by molar-refractivity contribution is 6.25. The number of benzene rings is 2. The number of hydrogen-bond donors (Lipinski definition) is 1. The maximum atomic E-state index is 13.3. The van der Waals surface area contributed by atoms with Crippen LogP contribution in [0.1, 0.15) is 34.8 Å². The number of aryl methyl sites for hydroxylation is 1. The molecule has 1 saturated heterocycles. The van der Waals surface area contributed by atoms with Gasteiger partial charge in [-0.1, -0.05) is 35.9 Å². The Morgan fingerprint density at radius 2 is 1.70 bits per heavy atom. The van der Waals surface area contributed by atoms with Crippen molar-refractivity contribution < 1.29 is 14.4 Å². The summed E-state index contributed by atoms with van der Waals surface area (Å²) in [6.45, 7) is 5.99. The molecule has 4 atom stereocenters. The van der Waals surface area contributed by atoms with E-state index in [2.05, 4.69) is 11.4 Å². The second-order valence-electron chi connectivity index (χ2n) is 8.70. The van der Waals surface area contributed by atoms with Gasteiger partial charge >= 0.3 is 0 Å². The van der Waals surface area contributed by atoms with Gasteiger partial charge in [-0.05, 0) is 68.4 Å². The maximum Gasteiger partial charge on any atom is 0.257 e. The fourth-order valence-electron chi connectivity index (χ4n) is 5.45. The van der Waals surface area contributed by atoms with Crippen molar-refractivity contribution in [2.75, 3.05) is 10.2 Å². The molecular weight excluding hydrogens is 376 g/mol. The van der Waals surface area contributed by atoms with E-state index in [1.807, 2.05) is 39.0 Å². The number of rotatable bonds is 3. The normalized spacial score (nSPS) is 26.8. The van der Waals surface area contributed by atoms with E-state index in [1.54, 1.807) is 24.3 Å². The van der Waals surface area contributed by atoms with Crippen molar-refractivity contribution in [1.29, 1.82) is 0 Å². The van der Waals surface area contributed by atoms with Gasteiger partial charge in [0.2, 0.25) is 11.8 Å². The molecule has 0 radical (unpaired) electrons. The van der Waals surface area contributed by atoms with Crippen LogP contribution in [-0.4, -0.2) is 17.7 Å². The Morgan fingerprint density at radius 1 is 0.967 bits per heavy atom. The number of nitrogens with one attached hydrogen (secondary N) is 1. The lowest BCUT2D eigenvalue weighted by Crippen LogP contribution is -2.34. The summed E-state index contributed by atoms with van der Waals surface area (Å²) in [5.74, 6) is -0.960. The van der Waals surface area contributed by atoms with Gasteiger partial charge < -0.3 is 5.32 Å². The van der Waals surface area contributed by atoms with Crippen LogP contribution in [0.15, 0.2) is 54.1 Å². The Balaban J connectivity index is 1.49. The predicted octanol–water partition coefficient (Wildman–Crippen LogP) is 4.26. The molecule has 2 bridgehead atoms. The quantitative estimate of drug-likeness (QED) is 0.618. The van der Waals surface area contributed by atoms with Gasteiger partial charge in [0.05, 0.1) is 23.1 Å². The van der Waals surface area contributed by atoms with E-state index in [9.17, 15) is 14.4 Å². The molecule has 0 unspecified atom stereocenters. The Labute approximate surface area is 175 Å². The molecule has 1 N–H and O–H groups in total. The summed E-state index contributed by atoms with van der Waals surface area (Å²) in [5, 5.41) is 2.95. The van der Waals surface area contributed by atoms with Gasteiger partial charge in [-0.15, -0.1) is 0 Å². The Hall–Kier alpha value is -3.21. The molecule has 0 spiro atoms. The number of para-hydroxylation sites is 1. The number of allylic oxidation sites excluding steroid dienone is 2. The second-order valence-corrected chi connectivity index (χ2v) is 8.70. The average Bonchev–Trinajstić information content (AvgIpc) is 3.36. The zero-order chi connectivity index (χ0) is 21.2. The number of carbonyl (C=O) groups excluding carboxylic acids is 3. The van der Waals surface area contributed by atoms with Crippen LogP contribution in [0.3, 0.4) is 0 Å². The van der Waals surface area contributed by atoms with Crippen LogP contribution >= 0.6 is 0 Å². The number of imide groups is 1. The van der Waals surface area contributed by atoms with E-state index in [4.69, 9.17) is 0 Å². The molecule has 2 aromatic rings. The molecule has 3 amide bonds. The molecule has 2 aromatic carbocycles. The summed E-state index contributed by atoms with van der Waals surface area (Å²) in [5.41, 5.74) is 4.72. The van der Waals surface area contributed by atoms with Crippen molar-refractivity contribution in [1.82, 2.24) is 0 Å². The maximum absolute atomic E-state index is 13.3. The second kappa shape index (κ2) is 6.66. The highest BCUT2D eigenvalue weighted by Gasteiger charge is 2.61. The highest BCUT2D eigenvalue weighted by atomic mass is 16.2. The molecule has 2 aliphatic carbocycles. The predicted molar refractivity (Wildman–Crippen MR) is 115 cm³/mol. The zero-order valence-corrected chi connectivity index (χ0v) is 17.3. The van der Waals surface area contributed by atoms with Gasteiger partial charge in [-0.25, -0.2) is 4.90 Å². The molecule has 1 heterocycles. The fourth-order valence-corrected chi connectivity index (χ4v) is 5.45. The summed E-state index contributed by atoms with van der Waals surface area (Å²) in [6, 6.07) is 12.6. The lowest BCUT2D eigenvalue weighted by molar-refractivity contribution is -0.123. The van der Waals surface area contributed by atoms with Gasteiger partial charge in [0.1, 0.15) is 0 Å². The van der Waals surface area contributed by atoms with Crippen LogP contribution in [0.2, 0.25) is 0 Å². The van der Waals surface area contributed by atoms with E-state index in [1.165, 1.54) is 10.5 Å². The largest absolute Gasteiger partial charge is 0.322 e. The molecule has 1 saturated carbocycles. The first kappa shape index (κ1) is 18.8. The lowest BCUT2D eigenvalue weighted by Gasteiger charge is -2.21. The molecule has 3 aliphatic rings. The SMILES string of the molecule is CC1=C[C@@H]2C[C@H]1[C@@H]1C(=O)N(c3ccccc3C(=O)Nc3cccc(C)c3C)C(=O)[C@H]12. The molecule has 1 aliphatic heterocycles. The van der Waals surface area contributed by atoms with Crippen molar-refractivity contribution in [2.24, 2.45) is 23.7 Å². The number of nitrogens with zero attached hydrogens (tertiary/aromatic N) is 1. The third kappa shape index (κ3) is 2.58. The molecular formula is C25H24N2O3. The number of hydrogen-bond acceptors (Lipinski definition) is 3. The van der Waals surface area contributed by atoms with E-state index in [0.717, 1.165) is 23.2 Å². The third-order valence-electron chi connectivity index (χ3n) is 7.12. The van der Waals surface area contributed by atoms with E-state index >= 15 is 0 Å². The number of fused-ring (bicyclic) bond motifs is 5. The van der Waals surface area contributed by atoms with Crippen molar-refractivity contribution >= 4 is 29.1 Å². The summed E-state index contributed by atoms with van der Waals surface area (Å²) in [4.78, 5) is 41.0. The van der Waals surface area contributed by atoms with Crippen molar-refractivity contribution in [3.63, 3.8) is 0 Å². The van der Waals surface area contributed by atoms with Crippen LogP contribution < -0.4 is 10.2 Å². The lowest BCUT2D eigenvalue weighted by atomic mass is 9.82. The first-order valence-electron chi connectivity index (χ1n) is 10.4. The van der Waals surface area contributed by atoms with Crippen LogP contribution in [0.4, 0.5) is 11.4 Å². The van der Waals surface area contributed by atoms with Crippen molar-refractivity contribution in [3.05, 3.63) is 70.8 Å². The van der Waals surface area contributed by atoms with E-state index in [-0.39, 0.29) is 41.4 Å². The molecule has 152 valence electrons. The molecule has 5 rings (SSSR count). The van der Waals surface area contributed by atoms with Crippen LogP contribution in [0, 0.1) is 37.5 Å². The minimum absolute atomic E-state index is 0.136. The third-order valence-corrected chi connectivity index (χ3v) is 7.12. The first-order chi connectivity index (χ1) is 14.4. The Kier molecular flexibility index (Phi) is 4.17. The van der Waals surface area contributed by atoms with Crippen LogP contribution in [0.25, 0.3) is 0 Å². The van der Waals surface area contributed by atoms with Gasteiger partial charge in [0.15, 0.2) is 0 Å². The molecule has 5 nitrogen and oxygen atoms in total. The molecule has 30 heavy (non-hydrogen) atoms. The highest BCUT2D eigenvalue weighted by Crippen LogP contribution is 2.56. The summed E-state index contributed by atoms with van der Waals surface area (Å²) < 4.78 is 0. The monoisotopic (exact) mass is 400 g/mol. The fraction of sp³-hybridized carbons (Fsp3) is 0.320. The summed E-state index contributed by atoms with van der Waals surface area (Å²) >= 11 is 0. The zero-order valence-electron chi connectivity index (χ0n) is 17.3. The van der Waals surface area contributed by atoms with E-state index < -0.39 is 0 Å². The summed E-state index contributed by atoms with van der Waals surface area (Å²) in [7, 11) is 0. The first-order valence-corrected chi connectivity index (χ1v) is 10.4. The molecule has 5 heteroatoms. The number of amides is 3. The van der Waals surface area contributed by atoms with Crippen LogP contribution in [0.5, 0.6) is 0 Å². The van der Waals surface area contributed by atoms with Gasteiger partial charge in [0, 0.05) is 5.69 Å². The van der Waals surface area contributed by atoms with Gasteiger partial charge in [-0.3, -0.25) is 14.4 Å². The average molecular weight is 400 g/mol. The Bertz CT molecular complexity index is 1130. The molecule has 2 fully saturated rings. The van der Waals surface area contributed by atoms with Gasteiger partial charge in [-0.2, -0.15) is 0 Å². The number of anilines is 2. The van der Waals surface area contributed by atoms with Gasteiger partial charge in [0.25, 0.3) is 5.91 Å². The number of carbonyl (C=O) groups is 3. The minimum Gasteiger partial charge on any atom is -0.322 e. The Morgan fingerprint density at radius 3 is 2.50 bits per heavy atom. The van der Waals surface area contributed by atoms with Crippen molar-refractivity contribution in [2.45, 2.75) is 27.2 Å².